The fourth-order valence-corrected chi connectivity index (χ4v) is 7.28. The number of nitrogens with zero attached hydrogens (tertiary/aromatic N) is 2. The number of aromatic amines is 2. The topological polar surface area (TPSA) is 94.3 Å². The zero-order valence-corrected chi connectivity index (χ0v) is 29.9. The molecule has 52 heavy (non-hydrogen) atoms. The fraction of sp³-hybridized carbons (Fsp3) is 0.273. The van der Waals surface area contributed by atoms with Crippen LogP contribution in [0.3, 0.4) is 0 Å². The quantitative estimate of drug-likeness (QED) is 0.191. The first kappa shape index (κ1) is 32.8. The Hall–Kier alpha value is -5.12. The van der Waals surface area contributed by atoms with Crippen LogP contribution in [0.5, 0.6) is 0 Å². The maximum atomic E-state index is 6.45. The van der Waals surface area contributed by atoms with Gasteiger partial charge in [0, 0.05) is 44.0 Å². The summed E-state index contributed by atoms with van der Waals surface area (Å²) in [7, 11) is 0. The summed E-state index contributed by atoms with van der Waals surface area (Å²) in [6, 6.07) is 29.2. The number of fused-ring (bicyclic) bond motifs is 8. The van der Waals surface area contributed by atoms with Gasteiger partial charge in [-0.1, -0.05) is 88.4 Å². The fourth-order valence-electron chi connectivity index (χ4n) is 7.28. The van der Waals surface area contributed by atoms with Crippen LogP contribution in [0.2, 0.25) is 0 Å². The Morgan fingerprint density at radius 3 is 1.19 bits per heavy atom. The predicted octanol–water partition coefficient (Wildman–Crippen LogP) is 10.1. The molecule has 2 saturated heterocycles. The van der Waals surface area contributed by atoms with E-state index in [0.29, 0.717) is 26.4 Å². The van der Waals surface area contributed by atoms with Crippen molar-refractivity contribution < 1.29 is 18.9 Å². The van der Waals surface area contributed by atoms with Crippen molar-refractivity contribution in [2.24, 2.45) is 10.8 Å². The average Bonchev–Trinajstić information content (AvgIpc) is 3.98. The van der Waals surface area contributed by atoms with Gasteiger partial charge in [0.15, 0.2) is 12.6 Å². The molecule has 5 aromatic rings. The molecule has 4 aliphatic heterocycles. The normalized spacial score (nSPS) is 18.5. The third-order valence-electron chi connectivity index (χ3n) is 9.93. The van der Waals surface area contributed by atoms with Crippen LogP contribution in [0.1, 0.15) is 74.2 Å². The average molecular weight is 691 g/mol. The van der Waals surface area contributed by atoms with Crippen LogP contribution in [0.15, 0.2) is 84.9 Å². The summed E-state index contributed by atoms with van der Waals surface area (Å²) in [6.07, 6.45) is 7.11. The van der Waals surface area contributed by atoms with Crippen molar-refractivity contribution >= 4 is 46.4 Å². The van der Waals surface area contributed by atoms with Crippen molar-refractivity contribution in [2.45, 2.75) is 40.3 Å². The minimum atomic E-state index is -0.597. The molecule has 4 aliphatic rings. The Kier molecular flexibility index (Phi) is 8.08. The SMILES string of the molecule is CC1(C)COC(c2c3nc(c(-c4ccccc4)c4ccc([nH]4)c(C4OCC(C)(C)CO4)c4nc(c(-c5ccccc5)c5ccc2[nH]5)C=C4)C=C3)OC1. The molecule has 262 valence electrons. The van der Waals surface area contributed by atoms with E-state index in [4.69, 9.17) is 28.9 Å². The van der Waals surface area contributed by atoms with Gasteiger partial charge in [-0.3, -0.25) is 0 Å². The van der Waals surface area contributed by atoms with Crippen LogP contribution in [-0.4, -0.2) is 46.4 Å². The van der Waals surface area contributed by atoms with Gasteiger partial charge in [0.2, 0.25) is 0 Å². The molecule has 0 radical (unpaired) electrons. The van der Waals surface area contributed by atoms with Gasteiger partial charge >= 0.3 is 0 Å². The minimum Gasteiger partial charge on any atom is -0.355 e. The summed E-state index contributed by atoms with van der Waals surface area (Å²) in [6.45, 7) is 10.9. The zero-order chi connectivity index (χ0) is 35.5. The lowest BCUT2D eigenvalue weighted by Gasteiger charge is -2.34. The molecule has 0 unspecified atom stereocenters. The highest BCUT2D eigenvalue weighted by Gasteiger charge is 2.33. The van der Waals surface area contributed by atoms with Crippen LogP contribution >= 0.6 is 0 Å². The van der Waals surface area contributed by atoms with Crippen molar-refractivity contribution in [2.75, 3.05) is 26.4 Å². The summed E-state index contributed by atoms with van der Waals surface area (Å²) in [5, 5.41) is 0. The van der Waals surface area contributed by atoms with E-state index in [9.17, 15) is 0 Å². The highest BCUT2D eigenvalue weighted by molar-refractivity contribution is 5.94. The minimum absolute atomic E-state index is 0.0876. The van der Waals surface area contributed by atoms with E-state index in [0.717, 1.165) is 78.2 Å². The molecule has 2 fully saturated rings. The number of rotatable bonds is 4. The lowest BCUT2D eigenvalue weighted by Crippen LogP contribution is -2.34. The van der Waals surface area contributed by atoms with E-state index in [1.54, 1.807) is 0 Å². The van der Waals surface area contributed by atoms with Gasteiger partial charge in [-0.15, -0.1) is 0 Å². The molecule has 0 aliphatic carbocycles. The van der Waals surface area contributed by atoms with Crippen LogP contribution < -0.4 is 0 Å². The third kappa shape index (κ3) is 6.11. The molecular formula is C44H42N4O4. The summed E-state index contributed by atoms with van der Waals surface area (Å²) in [5.41, 5.74) is 12.4. The molecule has 3 aromatic heterocycles. The Balaban J connectivity index is 1.39. The molecule has 8 nitrogen and oxygen atoms in total. The second-order valence-corrected chi connectivity index (χ2v) is 15.5. The molecule has 0 spiro atoms. The van der Waals surface area contributed by atoms with Crippen molar-refractivity contribution in [3.63, 3.8) is 0 Å². The van der Waals surface area contributed by atoms with Crippen molar-refractivity contribution in [3.05, 3.63) is 119 Å². The van der Waals surface area contributed by atoms with E-state index in [1.165, 1.54) is 0 Å². The van der Waals surface area contributed by atoms with Gasteiger partial charge in [0.25, 0.3) is 0 Å². The Morgan fingerprint density at radius 2 is 0.808 bits per heavy atom. The van der Waals surface area contributed by atoms with E-state index in [1.807, 2.05) is 12.1 Å². The van der Waals surface area contributed by atoms with Crippen molar-refractivity contribution in [3.8, 4) is 22.3 Å². The summed E-state index contributed by atoms with van der Waals surface area (Å²) in [5.74, 6) is 0. The Bertz CT molecular complexity index is 2200. The molecule has 0 saturated carbocycles. The van der Waals surface area contributed by atoms with Gasteiger partial charge in [-0.2, -0.15) is 0 Å². The smallest absolute Gasteiger partial charge is 0.187 e. The first-order valence-corrected chi connectivity index (χ1v) is 17.9. The van der Waals surface area contributed by atoms with Crippen LogP contribution in [0.4, 0.5) is 0 Å². The second kappa shape index (κ2) is 12.8. The molecule has 8 heteroatoms. The highest BCUT2D eigenvalue weighted by atomic mass is 16.7. The lowest BCUT2D eigenvalue weighted by atomic mass is 9.95. The maximum absolute atomic E-state index is 6.45. The lowest BCUT2D eigenvalue weighted by molar-refractivity contribution is -0.225. The van der Waals surface area contributed by atoms with Crippen LogP contribution in [-0.2, 0) is 18.9 Å². The van der Waals surface area contributed by atoms with E-state index in [-0.39, 0.29) is 10.8 Å². The number of ether oxygens (including phenoxy) is 4. The molecule has 7 heterocycles. The molecule has 2 N–H and O–H groups in total. The molecule has 9 rings (SSSR count). The first-order chi connectivity index (χ1) is 25.2. The van der Waals surface area contributed by atoms with Crippen LogP contribution in [0.25, 0.3) is 68.6 Å². The van der Waals surface area contributed by atoms with E-state index >= 15 is 0 Å². The molecular weight excluding hydrogens is 649 g/mol. The molecule has 0 amide bonds. The van der Waals surface area contributed by atoms with Crippen molar-refractivity contribution in [1.29, 1.82) is 0 Å². The van der Waals surface area contributed by atoms with Gasteiger partial charge in [0.1, 0.15) is 0 Å². The molecule has 0 atom stereocenters. The number of aromatic nitrogens is 4. The van der Waals surface area contributed by atoms with Crippen molar-refractivity contribution in [1.82, 2.24) is 19.9 Å². The number of H-pyrrole nitrogens is 2. The Morgan fingerprint density at radius 1 is 0.462 bits per heavy atom. The highest BCUT2D eigenvalue weighted by Crippen LogP contribution is 2.40. The van der Waals surface area contributed by atoms with Gasteiger partial charge in [0.05, 0.1) is 60.3 Å². The number of hydrogen-bond acceptors (Lipinski definition) is 6. The van der Waals surface area contributed by atoms with Gasteiger partial charge < -0.3 is 28.9 Å². The predicted molar refractivity (Wildman–Crippen MR) is 207 cm³/mol. The molecule has 8 bridgehead atoms. The van der Waals surface area contributed by atoms with Gasteiger partial charge in [-0.25, -0.2) is 9.97 Å². The molecule has 2 aromatic carbocycles. The van der Waals surface area contributed by atoms with Crippen LogP contribution in [0, 0.1) is 10.8 Å². The largest absolute Gasteiger partial charge is 0.355 e. The standard InChI is InChI=1S/C44H42N4O4/c1-43(2)23-49-41(50-24-43)39-33-19-15-29(45-33)37(27-11-7-5-8-12-27)31-17-21-35(47-31)40(42-51-25-44(3,4)26-52-42)36-22-18-32(48-36)38(28-13-9-6-10-14-28)30-16-20-34(39)46-30/h5-22,41-42,45,48H,23-26H2,1-4H3. The Labute approximate surface area is 303 Å². The first-order valence-electron chi connectivity index (χ1n) is 17.9. The van der Waals surface area contributed by atoms with E-state index < -0.39 is 12.6 Å². The monoisotopic (exact) mass is 690 g/mol. The number of benzene rings is 2. The van der Waals surface area contributed by atoms with Gasteiger partial charge in [-0.05, 0) is 59.7 Å². The summed E-state index contributed by atoms with van der Waals surface area (Å²) in [4.78, 5) is 18.2. The maximum Gasteiger partial charge on any atom is 0.187 e. The number of nitrogens with one attached hydrogen (secondary N) is 2. The zero-order valence-electron chi connectivity index (χ0n) is 29.9. The third-order valence-corrected chi connectivity index (χ3v) is 9.93. The van der Waals surface area contributed by atoms with E-state index in [2.05, 4.69) is 135 Å². The second-order valence-electron chi connectivity index (χ2n) is 15.5. The summed E-state index contributed by atoms with van der Waals surface area (Å²) < 4.78 is 25.8. The summed E-state index contributed by atoms with van der Waals surface area (Å²) >= 11 is 0. The number of hydrogen-bond donors (Lipinski definition) is 2.